The molecule has 0 fully saturated rings. The number of thiocarbonyl (C=S) groups is 1. The Labute approximate surface area is 124 Å². The summed E-state index contributed by atoms with van der Waals surface area (Å²) in [5.41, 5.74) is 0.752. The van der Waals surface area contributed by atoms with Gasteiger partial charge in [0.15, 0.2) is 0 Å². The van der Waals surface area contributed by atoms with Crippen molar-refractivity contribution in [2.45, 2.75) is 25.5 Å². The van der Waals surface area contributed by atoms with Gasteiger partial charge >= 0.3 is 5.97 Å². The predicted molar refractivity (Wildman–Crippen MR) is 84.5 cm³/mol. The minimum atomic E-state index is -1.05. The number of benzene rings is 1. The van der Waals surface area contributed by atoms with Crippen molar-refractivity contribution in [1.29, 1.82) is 0 Å². The molecule has 0 heterocycles. The van der Waals surface area contributed by atoms with Crippen LogP contribution in [-0.4, -0.2) is 33.4 Å². The molecule has 0 saturated carbocycles. The molecule has 1 atom stereocenters. The summed E-state index contributed by atoms with van der Waals surface area (Å²) < 4.78 is -0.431. The fourth-order valence-electron chi connectivity index (χ4n) is 1.70. The zero-order chi connectivity index (χ0) is 14.5. The molecule has 1 N–H and O–H groups in total. The SMILES string of the molecule is CCN(CC)C(=S)SC(C)(C(=O)O)c1ccccc1. The highest BCUT2D eigenvalue weighted by Gasteiger charge is 2.38. The van der Waals surface area contributed by atoms with Gasteiger partial charge in [0.2, 0.25) is 0 Å². The third kappa shape index (κ3) is 3.70. The standard InChI is InChI=1S/C14H19NO2S2/c1-4-15(5-2)13(18)19-14(3,12(16)17)11-9-7-6-8-10-11/h6-10H,4-5H2,1-3H3,(H,16,17). The maximum Gasteiger partial charge on any atom is 0.324 e. The van der Waals surface area contributed by atoms with E-state index in [4.69, 9.17) is 12.2 Å². The predicted octanol–water partition coefficient (Wildman–Crippen LogP) is 3.35. The fraction of sp³-hybridized carbons (Fsp3) is 0.429. The largest absolute Gasteiger partial charge is 0.480 e. The second kappa shape index (κ2) is 6.91. The molecule has 1 unspecified atom stereocenters. The lowest BCUT2D eigenvalue weighted by atomic mass is 10.0. The minimum absolute atomic E-state index is 0.624. The van der Waals surface area contributed by atoms with Gasteiger partial charge in [-0.2, -0.15) is 0 Å². The quantitative estimate of drug-likeness (QED) is 0.844. The second-order valence-corrected chi connectivity index (χ2v) is 6.30. The normalized spacial score (nSPS) is 13.6. The average molecular weight is 297 g/mol. The van der Waals surface area contributed by atoms with Gasteiger partial charge in [-0.05, 0) is 26.3 Å². The summed E-state index contributed by atoms with van der Waals surface area (Å²) in [5, 5.41) is 9.56. The zero-order valence-electron chi connectivity index (χ0n) is 11.4. The summed E-state index contributed by atoms with van der Waals surface area (Å²) >= 11 is 6.59. The number of rotatable bonds is 5. The molecule has 0 amide bonds. The molecule has 1 aromatic rings. The van der Waals surface area contributed by atoms with Crippen molar-refractivity contribution in [2.75, 3.05) is 13.1 Å². The van der Waals surface area contributed by atoms with Crippen molar-refractivity contribution in [3.8, 4) is 0 Å². The Morgan fingerprint density at radius 3 is 2.26 bits per heavy atom. The van der Waals surface area contributed by atoms with Crippen molar-refractivity contribution < 1.29 is 9.90 Å². The van der Waals surface area contributed by atoms with E-state index >= 15 is 0 Å². The van der Waals surface area contributed by atoms with Crippen molar-refractivity contribution in [3.63, 3.8) is 0 Å². The van der Waals surface area contributed by atoms with Crippen LogP contribution < -0.4 is 0 Å². The summed E-state index contributed by atoms with van der Waals surface area (Å²) in [4.78, 5) is 13.6. The van der Waals surface area contributed by atoms with E-state index in [1.807, 2.05) is 49.1 Å². The van der Waals surface area contributed by atoms with Gasteiger partial charge in [-0.3, -0.25) is 4.79 Å². The molecule has 0 saturated heterocycles. The lowest BCUT2D eigenvalue weighted by Gasteiger charge is -2.29. The van der Waals surface area contributed by atoms with Crippen LogP contribution in [0.1, 0.15) is 26.3 Å². The highest BCUT2D eigenvalue weighted by Crippen LogP contribution is 2.38. The molecule has 0 aliphatic carbocycles. The van der Waals surface area contributed by atoms with Gasteiger partial charge < -0.3 is 10.0 Å². The topological polar surface area (TPSA) is 40.5 Å². The summed E-state index contributed by atoms with van der Waals surface area (Å²) in [7, 11) is 0. The van der Waals surface area contributed by atoms with E-state index < -0.39 is 10.7 Å². The highest BCUT2D eigenvalue weighted by molar-refractivity contribution is 8.23. The van der Waals surface area contributed by atoms with Crippen LogP contribution in [0.5, 0.6) is 0 Å². The molecule has 0 aliphatic rings. The van der Waals surface area contributed by atoms with E-state index in [9.17, 15) is 9.90 Å². The van der Waals surface area contributed by atoms with Crippen LogP contribution in [0.2, 0.25) is 0 Å². The lowest BCUT2D eigenvalue weighted by molar-refractivity contribution is -0.139. The first-order valence-electron chi connectivity index (χ1n) is 6.22. The van der Waals surface area contributed by atoms with Crippen LogP contribution in [0, 0.1) is 0 Å². The molecular weight excluding hydrogens is 278 g/mol. The number of aliphatic carboxylic acids is 1. The zero-order valence-corrected chi connectivity index (χ0v) is 13.1. The summed E-state index contributed by atoms with van der Waals surface area (Å²) in [6, 6.07) is 9.21. The number of carbonyl (C=O) groups is 1. The molecule has 0 bridgehead atoms. The number of hydrogen-bond acceptors (Lipinski definition) is 3. The van der Waals surface area contributed by atoms with Crippen LogP contribution in [0.3, 0.4) is 0 Å². The Hall–Kier alpha value is -1.07. The number of carboxylic acid groups (broad SMARTS) is 1. The van der Waals surface area contributed by atoms with Gasteiger partial charge in [-0.1, -0.05) is 54.3 Å². The first-order chi connectivity index (χ1) is 8.95. The Morgan fingerprint density at radius 1 is 1.32 bits per heavy atom. The monoisotopic (exact) mass is 297 g/mol. The number of hydrogen-bond donors (Lipinski definition) is 1. The summed E-state index contributed by atoms with van der Waals surface area (Å²) in [6.45, 7) is 7.29. The molecule has 0 aliphatic heterocycles. The molecular formula is C14H19NO2S2. The summed E-state index contributed by atoms with van der Waals surface area (Å²) in [5.74, 6) is -0.877. The Bertz CT molecular complexity index is 446. The van der Waals surface area contributed by atoms with E-state index in [-0.39, 0.29) is 0 Å². The van der Waals surface area contributed by atoms with Crippen LogP contribution in [0.25, 0.3) is 0 Å². The lowest BCUT2D eigenvalue weighted by Crippen LogP contribution is -2.35. The molecule has 19 heavy (non-hydrogen) atoms. The number of nitrogens with zero attached hydrogens (tertiary/aromatic N) is 1. The van der Waals surface area contributed by atoms with Crippen LogP contribution >= 0.6 is 24.0 Å². The first kappa shape index (κ1) is 16.0. The molecule has 0 radical (unpaired) electrons. The van der Waals surface area contributed by atoms with Crippen LogP contribution in [0.15, 0.2) is 30.3 Å². The van der Waals surface area contributed by atoms with Crippen LogP contribution in [-0.2, 0) is 9.54 Å². The van der Waals surface area contributed by atoms with Gasteiger partial charge in [0.25, 0.3) is 0 Å². The van der Waals surface area contributed by atoms with Crippen molar-refractivity contribution in [3.05, 3.63) is 35.9 Å². The average Bonchev–Trinajstić information content (AvgIpc) is 2.40. The molecule has 3 nitrogen and oxygen atoms in total. The van der Waals surface area contributed by atoms with Crippen molar-refractivity contribution in [1.82, 2.24) is 4.90 Å². The Kier molecular flexibility index (Phi) is 5.82. The first-order valence-corrected chi connectivity index (χ1v) is 7.45. The van der Waals surface area contributed by atoms with Gasteiger partial charge in [0.1, 0.15) is 9.07 Å². The van der Waals surface area contributed by atoms with E-state index in [0.29, 0.717) is 4.32 Å². The van der Waals surface area contributed by atoms with Gasteiger partial charge in [0.05, 0.1) is 0 Å². The second-order valence-electron chi connectivity index (χ2n) is 4.24. The third-order valence-electron chi connectivity index (χ3n) is 3.05. The van der Waals surface area contributed by atoms with Gasteiger partial charge in [0, 0.05) is 13.1 Å². The number of carboxylic acids is 1. The highest BCUT2D eigenvalue weighted by atomic mass is 32.2. The maximum absolute atomic E-state index is 11.7. The number of thioether (sulfide) groups is 1. The van der Waals surface area contributed by atoms with E-state index in [1.165, 1.54) is 11.8 Å². The fourth-order valence-corrected chi connectivity index (χ4v) is 3.54. The molecule has 0 aromatic heterocycles. The minimum Gasteiger partial charge on any atom is -0.480 e. The molecule has 1 rings (SSSR count). The Morgan fingerprint density at radius 2 is 1.84 bits per heavy atom. The third-order valence-corrected chi connectivity index (χ3v) is 4.81. The molecule has 0 spiro atoms. The van der Waals surface area contributed by atoms with E-state index in [2.05, 4.69) is 0 Å². The molecule has 104 valence electrons. The molecule has 1 aromatic carbocycles. The van der Waals surface area contributed by atoms with Crippen molar-refractivity contribution >= 4 is 34.3 Å². The smallest absolute Gasteiger partial charge is 0.324 e. The summed E-state index contributed by atoms with van der Waals surface area (Å²) in [6.07, 6.45) is 0. The van der Waals surface area contributed by atoms with Crippen LogP contribution in [0.4, 0.5) is 0 Å². The van der Waals surface area contributed by atoms with E-state index in [1.54, 1.807) is 6.92 Å². The van der Waals surface area contributed by atoms with Gasteiger partial charge in [-0.25, -0.2) is 0 Å². The maximum atomic E-state index is 11.7. The van der Waals surface area contributed by atoms with E-state index in [0.717, 1.165) is 18.7 Å². The molecule has 5 heteroatoms. The van der Waals surface area contributed by atoms with Crippen molar-refractivity contribution in [2.24, 2.45) is 0 Å². The van der Waals surface area contributed by atoms with Gasteiger partial charge in [-0.15, -0.1) is 0 Å². The Balaban J connectivity index is 3.02.